The van der Waals surface area contributed by atoms with Crippen molar-refractivity contribution in [2.24, 2.45) is 0 Å². The van der Waals surface area contributed by atoms with Gasteiger partial charge in [0.2, 0.25) is 0 Å². The fraction of sp³-hybridized carbons (Fsp3) is 0.125. The van der Waals surface area contributed by atoms with E-state index in [0.29, 0.717) is 23.2 Å². The van der Waals surface area contributed by atoms with Gasteiger partial charge < -0.3 is 10.5 Å². The molecule has 0 heterocycles. The minimum Gasteiger partial charge on any atom is -0.489 e. The first-order valence-electron chi connectivity index (χ1n) is 6.16. The minimum atomic E-state index is -0.277. The van der Waals surface area contributed by atoms with Crippen LogP contribution in [0.4, 0.5) is 10.1 Å². The number of nitrogens with two attached hydrogens (primary N) is 1. The predicted molar refractivity (Wildman–Crippen MR) is 83.2 cm³/mol. The number of rotatable bonds is 5. The van der Waals surface area contributed by atoms with Gasteiger partial charge in [-0.2, -0.15) is 0 Å². The Morgan fingerprint density at radius 1 is 1.20 bits per heavy atom. The number of hydrogen-bond acceptors (Lipinski definition) is 2. The van der Waals surface area contributed by atoms with Gasteiger partial charge in [0.05, 0.1) is 0 Å². The molecule has 0 atom stereocenters. The highest BCUT2D eigenvalue weighted by atomic mass is 79.9. The molecule has 2 aromatic rings. The van der Waals surface area contributed by atoms with Gasteiger partial charge in [-0.3, -0.25) is 0 Å². The Morgan fingerprint density at radius 2 is 2.00 bits per heavy atom. The number of nitrogen functional groups attached to an aromatic ring is 1. The minimum absolute atomic E-state index is 0.277. The van der Waals surface area contributed by atoms with Crippen LogP contribution < -0.4 is 10.5 Å². The van der Waals surface area contributed by atoms with Crippen LogP contribution in [0.5, 0.6) is 5.75 Å². The van der Waals surface area contributed by atoms with Gasteiger partial charge in [0.1, 0.15) is 18.2 Å². The molecule has 0 fully saturated rings. The van der Waals surface area contributed by atoms with Crippen LogP contribution in [-0.2, 0) is 13.0 Å². The van der Waals surface area contributed by atoms with Gasteiger partial charge in [0.25, 0.3) is 0 Å². The third kappa shape index (κ3) is 3.61. The molecule has 2 rings (SSSR count). The third-order valence-electron chi connectivity index (χ3n) is 2.85. The van der Waals surface area contributed by atoms with Gasteiger partial charge in [0.15, 0.2) is 0 Å². The Kier molecular flexibility index (Phi) is 4.79. The number of allylic oxidation sites excluding steroid dienone is 1. The monoisotopic (exact) mass is 335 g/mol. The molecule has 0 radical (unpaired) electrons. The third-order valence-corrected chi connectivity index (χ3v) is 3.59. The van der Waals surface area contributed by atoms with E-state index in [-0.39, 0.29) is 5.82 Å². The van der Waals surface area contributed by atoms with Gasteiger partial charge in [-0.15, -0.1) is 6.58 Å². The molecule has 4 heteroatoms. The SMILES string of the molecule is C=CCc1cc(N)ccc1OCc1ccc(F)cc1Br. The van der Waals surface area contributed by atoms with Gasteiger partial charge in [-0.25, -0.2) is 4.39 Å². The van der Waals surface area contributed by atoms with Crippen molar-refractivity contribution in [3.05, 3.63) is 70.5 Å². The number of hydrogen-bond donors (Lipinski definition) is 1. The summed E-state index contributed by atoms with van der Waals surface area (Å²) in [6, 6.07) is 10.0. The Morgan fingerprint density at radius 3 is 2.70 bits per heavy atom. The van der Waals surface area contributed by atoms with E-state index in [1.807, 2.05) is 12.1 Å². The zero-order valence-electron chi connectivity index (χ0n) is 10.9. The Balaban J connectivity index is 2.16. The molecular weight excluding hydrogens is 321 g/mol. The Bertz CT molecular complexity index is 628. The molecule has 2 nitrogen and oxygen atoms in total. The molecule has 0 aliphatic rings. The van der Waals surface area contributed by atoms with Gasteiger partial charge >= 0.3 is 0 Å². The lowest BCUT2D eigenvalue weighted by Crippen LogP contribution is -2.00. The van der Waals surface area contributed by atoms with E-state index in [4.69, 9.17) is 10.5 Å². The second kappa shape index (κ2) is 6.57. The summed E-state index contributed by atoms with van der Waals surface area (Å²) in [5.74, 6) is 0.482. The maximum atomic E-state index is 13.0. The van der Waals surface area contributed by atoms with Gasteiger partial charge in [-0.05, 0) is 42.3 Å². The molecule has 0 spiro atoms. The smallest absolute Gasteiger partial charge is 0.124 e. The molecule has 104 valence electrons. The van der Waals surface area contributed by atoms with Crippen molar-refractivity contribution in [1.29, 1.82) is 0 Å². The van der Waals surface area contributed by atoms with E-state index in [0.717, 1.165) is 16.9 Å². The quantitative estimate of drug-likeness (QED) is 0.645. The van der Waals surface area contributed by atoms with Crippen LogP contribution in [0.3, 0.4) is 0 Å². The number of anilines is 1. The standard InChI is InChI=1S/C16H15BrFNO/c1-2-3-11-8-14(19)6-7-16(11)20-10-12-4-5-13(18)9-15(12)17/h2,4-9H,1,3,10,19H2. The van der Waals surface area contributed by atoms with Crippen LogP contribution in [0.25, 0.3) is 0 Å². The zero-order chi connectivity index (χ0) is 14.5. The maximum absolute atomic E-state index is 13.0. The first-order chi connectivity index (χ1) is 9.60. The van der Waals surface area contributed by atoms with Crippen molar-refractivity contribution in [3.8, 4) is 5.75 Å². The molecule has 0 aromatic heterocycles. The summed E-state index contributed by atoms with van der Waals surface area (Å²) < 4.78 is 19.5. The molecule has 0 aliphatic heterocycles. The van der Waals surface area contributed by atoms with Gasteiger partial charge in [-0.1, -0.05) is 28.1 Å². The van der Waals surface area contributed by atoms with Crippen LogP contribution in [0.2, 0.25) is 0 Å². The van der Waals surface area contributed by atoms with E-state index in [1.165, 1.54) is 12.1 Å². The molecule has 2 aromatic carbocycles. The number of benzene rings is 2. The normalized spacial score (nSPS) is 10.3. The fourth-order valence-corrected chi connectivity index (χ4v) is 2.31. The molecule has 0 saturated heterocycles. The maximum Gasteiger partial charge on any atom is 0.124 e. The van der Waals surface area contributed by atoms with Crippen molar-refractivity contribution in [2.45, 2.75) is 13.0 Å². The zero-order valence-corrected chi connectivity index (χ0v) is 12.5. The molecule has 0 amide bonds. The van der Waals surface area contributed by atoms with E-state index in [1.54, 1.807) is 18.2 Å². The van der Waals surface area contributed by atoms with Crippen LogP contribution >= 0.6 is 15.9 Å². The van der Waals surface area contributed by atoms with E-state index in [9.17, 15) is 4.39 Å². The van der Waals surface area contributed by atoms with Gasteiger partial charge in [0, 0.05) is 15.7 Å². The summed E-state index contributed by atoms with van der Waals surface area (Å²) in [6.07, 6.45) is 2.49. The highest BCUT2D eigenvalue weighted by Gasteiger charge is 2.06. The summed E-state index contributed by atoms with van der Waals surface area (Å²) >= 11 is 3.33. The summed E-state index contributed by atoms with van der Waals surface area (Å²) in [6.45, 7) is 4.08. The predicted octanol–water partition coefficient (Wildman–Crippen LogP) is 4.48. The lowest BCUT2D eigenvalue weighted by molar-refractivity contribution is 0.302. The highest BCUT2D eigenvalue weighted by molar-refractivity contribution is 9.10. The van der Waals surface area contributed by atoms with Crippen molar-refractivity contribution in [1.82, 2.24) is 0 Å². The first kappa shape index (κ1) is 14.6. The van der Waals surface area contributed by atoms with Crippen LogP contribution in [-0.4, -0.2) is 0 Å². The fourth-order valence-electron chi connectivity index (χ4n) is 1.85. The van der Waals surface area contributed by atoms with Crippen LogP contribution in [0.1, 0.15) is 11.1 Å². The summed E-state index contributed by atoms with van der Waals surface area (Å²) in [5.41, 5.74) is 8.33. The molecule has 0 bridgehead atoms. The second-order valence-corrected chi connectivity index (χ2v) is 5.24. The highest BCUT2D eigenvalue weighted by Crippen LogP contribution is 2.25. The summed E-state index contributed by atoms with van der Waals surface area (Å²) in [7, 11) is 0. The average molecular weight is 336 g/mol. The molecule has 0 unspecified atom stereocenters. The number of halogens is 2. The first-order valence-corrected chi connectivity index (χ1v) is 6.95. The summed E-state index contributed by atoms with van der Waals surface area (Å²) in [5, 5.41) is 0. The topological polar surface area (TPSA) is 35.2 Å². The number of ether oxygens (including phenoxy) is 1. The van der Waals surface area contributed by atoms with E-state index in [2.05, 4.69) is 22.5 Å². The van der Waals surface area contributed by atoms with E-state index < -0.39 is 0 Å². The van der Waals surface area contributed by atoms with Crippen molar-refractivity contribution < 1.29 is 9.13 Å². The Labute approximate surface area is 126 Å². The largest absolute Gasteiger partial charge is 0.489 e. The van der Waals surface area contributed by atoms with E-state index >= 15 is 0 Å². The average Bonchev–Trinajstić information content (AvgIpc) is 2.40. The lowest BCUT2D eigenvalue weighted by atomic mass is 10.1. The van der Waals surface area contributed by atoms with Crippen LogP contribution in [0, 0.1) is 5.82 Å². The van der Waals surface area contributed by atoms with Crippen molar-refractivity contribution >= 4 is 21.6 Å². The Hall–Kier alpha value is -1.81. The summed E-state index contributed by atoms with van der Waals surface area (Å²) in [4.78, 5) is 0. The molecule has 20 heavy (non-hydrogen) atoms. The van der Waals surface area contributed by atoms with Crippen molar-refractivity contribution in [2.75, 3.05) is 5.73 Å². The molecular formula is C16H15BrFNO. The molecule has 2 N–H and O–H groups in total. The second-order valence-electron chi connectivity index (χ2n) is 4.38. The molecule has 0 aliphatic carbocycles. The lowest BCUT2D eigenvalue weighted by Gasteiger charge is -2.12. The van der Waals surface area contributed by atoms with Crippen LogP contribution in [0.15, 0.2) is 53.5 Å². The van der Waals surface area contributed by atoms with Crippen molar-refractivity contribution in [3.63, 3.8) is 0 Å². The molecule has 0 saturated carbocycles.